The number of hydrogen-bond acceptors (Lipinski definition) is 6. The summed E-state index contributed by atoms with van der Waals surface area (Å²) in [5.41, 5.74) is 1.11. The first-order valence-corrected chi connectivity index (χ1v) is 9.80. The molecule has 1 amide bonds. The second-order valence-corrected chi connectivity index (χ2v) is 9.11. The molecule has 0 bridgehead atoms. The highest BCUT2D eigenvalue weighted by atomic mass is 127. The van der Waals surface area contributed by atoms with Crippen molar-refractivity contribution in [1.29, 1.82) is 5.26 Å². The number of nitrogens with zero attached hydrogens (tertiary/aromatic N) is 4. The number of benzene rings is 1. The molecule has 2 N–H and O–H groups in total. The molecule has 0 spiro atoms. The molecular weight excluding hydrogens is 525 g/mol. The number of aromatic nitrogens is 1. The normalized spacial score (nSPS) is 17.2. The van der Waals surface area contributed by atoms with Gasteiger partial charge in [0.2, 0.25) is 16.3 Å². The van der Waals surface area contributed by atoms with Crippen molar-refractivity contribution in [2.45, 2.75) is 16.2 Å². The van der Waals surface area contributed by atoms with Crippen molar-refractivity contribution in [1.82, 2.24) is 20.6 Å². The van der Waals surface area contributed by atoms with Gasteiger partial charge in [0.25, 0.3) is 5.91 Å². The number of anilines is 1. The van der Waals surface area contributed by atoms with Crippen LogP contribution in [-0.4, -0.2) is 32.1 Å². The molecule has 2 atom stereocenters. The highest BCUT2D eigenvalue weighted by molar-refractivity contribution is 14.1. The zero-order valence-electron chi connectivity index (χ0n) is 13.5. The number of hydrazine groups is 1. The number of rotatable bonds is 5. The lowest BCUT2D eigenvalue weighted by molar-refractivity contribution is 0.0928. The van der Waals surface area contributed by atoms with Gasteiger partial charge >= 0.3 is 0 Å². The molecule has 140 valence electrons. The van der Waals surface area contributed by atoms with Crippen LogP contribution in [0.4, 0.5) is 5.69 Å². The molecule has 1 aromatic heterocycles. The van der Waals surface area contributed by atoms with Gasteiger partial charge in [0.05, 0.1) is 11.9 Å². The van der Waals surface area contributed by atoms with Gasteiger partial charge in [-0.25, -0.2) is 5.01 Å². The van der Waals surface area contributed by atoms with Gasteiger partial charge in [-0.2, -0.15) is 10.3 Å². The van der Waals surface area contributed by atoms with Crippen molar-refractivity contribution < 1.29 is 4.79 Å². The summed E-state index contributed by atoms with van der Waals surface area (Å²) in [5, 5.41) is 17.9. The highest BCUT2D eigenvalue weighted by Gasteiger charge is 2.50. The van der Waals surface area contributed by atoms with E-state index in [4.69, 9.17) is 34.8 Å². The fourth-order valence-electron chi connectivity index (χ4n) is 2.35. The van der Waals surface area contributed by atoms with E-state index in [0.29, 0.717) is 11.3 Å². The molecule has 2 aromatic rings. The Labute approximate surface area is 184 Å². The summed E-state index contributed by atoms with van der Waals surface area (Å²) < 4.78 is -0.849. The fourth-order valence-corrected chi connectivity index (χ4v) is 3.07. The molecule has 3 rings (SSSR count). The van der Waals surface area contributed by atoms with E-state index in [1.54, 1.807) is 53.8 Å². The Bertz CT molecular complexity index is 855. The minimum absolute atomic E-state index is 0.410. The minimum Gasteiger partial charge on any atom is -0.332 e. The monoisotopic (exact) mass is 536 g/mol. The first kappa shape index (κ1) is 20.2. The van der Waals surface area contributed by atoms with Gasteiger partial charge in [-0.1, -0.05) is 34.8 Å². The number of halogens is 4. The molecular formula is C16H12Cl3IN6O. The molecule has 7 nitrogen and oxygen atoms in total. The summed E-state index contributed by atoms with van der Waals surface area (Å²) in [5.74, 6) is -0.410. The topological polar surface area (TPSA) is 83.8 Å². The van der Waals surface area contributed by atoms with Crippen LogP contribution < -0.4 is 15.6 Å². The van der Waals surface area contributed by atoms with Crippen LogP contribution in [0.25, 0.3) is 0 Å². The summed E-state index contributed by atoms with van der Waals surface area (Å²) >= 11 is 20.2. The number of amides is 1. The standard InChI is InChI=1S/C16H12Cl3IN6O/c17-16(18,19)14(23-13(27)10-3-5-11(20)6-4-10)24-15-25(9-21)26(15)12-2-1-7-22-8-12/h1-8,14-15,24H,(H,23,27). The molecule has 1 fully saturated rings. The molecule has 1 aromatic carbocycles. The fraction of sp³-hybridized carbons (Fsp3) is 0.188. The largest absolute Gasteiger partial charge is 0.332 e. The van der Waals surface area contributed by atoms with E-state index >= 15 is 0 Å². The quantitative estimate of drug-likeness (QED) is 0.200. The predicted octanol–water partition coefficient (Wildman–Crippen LogP) is 3.20. The minimum atomic E-state index is -1.84. The molecule has 11 heteroatoms. The number of nitriles is 1. The summed E-state index contributed by atoms with van der Waals surface area (Å²) in [7, 11) is 0. The molecule has 2 heterocycles. The number of alkyl halides is 3. The van der Waals surface area contributed by atoms with E-state index in [1.807, 2.05) is 6.19 Å². The number of hydrogen-bond donors (Lipinski definition) is 2. The second kappa shape index (κ2) is 8.24. The Morgan fingerprint density at radius 3 is 2.56 bits per heavy atom. The highest BCUT2D eigenvalue weighted by Crippen LogP contribution is 2.34. The van der Waals surface area contributed by atoms with E-state index < -0.39 is 22.2 Å². The average Bonchev–Trinajstić information content (AvgIpc) is 3.34. The third-order valence-corrected chi connectivity index (χ3v) is 5.05. The molecule has 27 heavy (non-hydrogen) atoms. The predicted molar refractivity (Wildman–Crippen MR) is 112 cm³/mol. The van der Waals surface area contributed by atoms with E-state index in [0.717, 1.165) is 3.57 Å². The third-order valence-electron chi connectivity index (χ3n) is 3.68. The van der Waals surface area contributed by atoms with Crippen LogP contribution in [0.3, 0.4) is 0 Å². The van der Waals surface area contributed by atoms with Crippen molar-refractivity contribution in [2.75, 3.05) is 5.01 Å². The molecule has 1 saturated heterocycles. The summed E-state index contributed by atoms with van der Waals surface area (Å²) in [6.45, 7) is 0. The number of nitrogens with one attached hydrogen (secondary N) is 2. The maximum atomic E-state index is 12.5. The van der Waals surface area contributed by atoms with Crippen LogP contribution >= 0.6 is 57.4 Å². The lowest BCUT2D eigenvalue weighted by Gasteiger charge is -2.26. The van der Waals surface area contributed by atoms with Crippen LogP contribution in [0, 0.1) is 15.0 Å². The van der Waals surface area contributed by atoms with E-state index in [9.17, 15) is 10.1 Å². The summed E-state index contributed by atoms with van der Waals surface area (Å²) in [6, 6.07) is 10.5. The van der Waals surface area contributed by atoms with Crippen LogP contribution in [0.5, 0.6) is 0 Å². The lowest BCUT2D eigenvalue weighted by Crippen LogP contribution is -2.55. The molecule has 0 saturated carbocycles. The first-order valence-electron chi connectivity index (χ1n) is 7.58. The SMILES string of the molecule is N#CN1C(NC(NC(=O)c2ccc(I)cc2)C(Cl)(Cl)Cl)N1c1cccnc1. The van der Waals surface area contributed by atoms with Gasteiger partial charge in [0.1, 0.15) is 6.17 Å². The van der Waals surface area contributed by atoms with Gasteiger partial charge in [-0.05, 0) is 59.0 Å². The van der Waals surface area contributed by atoms with E-state index in [1.165, 1.54) is 5.01 Å². The number of carbonyl (C=O) groups is 1. The molecule has 1 aliphatic rings. The first-order chi connectivity index (χ1) is 12.8. The van der Waals surface area contributed by atoms with Crippen LogP contribution in [0.2, 0.25) is 0 Å². The Kier molecular flexibility index (Phi) is 6.18. The van der Waals surface area contributed by atoms with Crippen molar-refractivity contribution in [3.05, 3.63) is 57.9 Å². The second-order valence-electron chi connectivity index (χ2n) is 5.50. The third kappa shape index (κ3) is 4.86. The van der Waals surface area contributed by atoms with Gasteiger partial charge in [-0.3, -0.25) is 15.1 Å². The Balaban J connectivity index is 1.73. The maximum absolute atomic E-state index is 12.5. The molecule has 2 unspecified atom stereocenters. The Morgan fingerprint density at radius 2 is 2.00 bits per heavy atom. The molecule has 0 radical (unpaired) electrons. The van der Waals surface area contributed by atoms with Crippen molar-refractivity contribution in [3.8, 4) is 6.19 Å². The van der Waals surface area contributed by atoms with Gasteiger partial charge in [0.15, 0.2) is 0 Å². The van der Waals surface area contributed by atoms with Crippen molar-refractivity contribution in [3.63, 3.8) is 0 Å². The van der Waals surface area contributed by atoms with E-state index in [2.05, 4.69) is 38.2 Å². The van der Waals surface area contributed by atoms with Gasteiger partial charge in [-0.15, -0.1) is 0 Å². The van der Waals surface area contributed by atoms with Crippen LogP contribution in [0.15, 0.2) is 48.8 Å². The Morgan fingerprint density at radius 1 is 1.30 bits per heavy atom. The zero-order chi connectivity index (χ0) is 19.6. The zero-order valence-corrected chi connectivity index (χ0v) is 17.9. The summed E-state index contributed by atoms with van der Waals surface area (Å²) in [4.78, 5) is 16.5. The smallest absolute Gasteiger partial charge is 0.252 e. The van der Waals surface area contributed by atoms with Crippen molar-refractivity contribution >= 4 is 69.0 Å². The van der Waals surface area contributed by atoms with Crippen molar-refractivity contribution in [2.24, 2.45) is 0 Å². The van der Waals surface area contributed by atoms with Crippen LogP contribution in [0.1, 0.15) is 10.4 Å². The average molecular weight is 538 g/mol. The van der Waals surface area contributed by atoms with Gasteiger partial charge in [0, 0.05) is 15.3 Å². The van der Waals surface area contributed by atoms with Gasteiger partial charge < -0.3 is 5.32 Å². The number of carbonyl (C=O) groups excluding carboxylic acids is 1. The maximum Gasteiger partial charge on any atom is 0.252 e. The Hall–Kier alpha value is -1.51. The lowest BCUT2D eigenvalue weighted by atomic mass is 10.2. The van der Waals surface area contributed by atoms with E-state index in [-0.39, 0.29) is 0 Å². The molecule has 0 aliphatic carbocycles. The molecule has 1 aliphatic heterocycles. The van der Waals surface area contributed by atoms with Crippen LogP contribution in [-0.2, 0) is 0 Å². The summed E-state index contributed by atoms with van der Waals surface area (Å²) in [6.07, 6.45) is 3.60. The number of pyridine rings is 1.